The molecular formula is C16H32N2. The molecule has 1 aliphatic carbocycles. The molecule has 0 radical (unpaired) electrons. The molecule has 1 aliphatic heterocycles. The van der Waals surface area contributed by atoms with Crippen molar-refractivity contribution in [2.75, 3.05) is 13.1 Å². The Labute approximate surface area is 114 Å². The lowest BCUT2D eigenvalue weighted by atomic mass is 10.0. The molecule has 106 valence electrons. The largest absolute Gasteiger partial charge is 0.311 e. The van der Waals surface area contributed by atoms with Gasteiger partial charge in [0.05, 0.1) is 0 Å². The monoisotopic (exact) mass is 252 g/mol. The molecule has 2 rings (SSSR count). The molecule has 0 aromatic heterocycles. The van der Waals surface area contributed by atoms with Gasteiger partial charge in [0.25, 0.3) is 0 Å². The lowest BCUT2D eigenvalue weighted by Gasteiger charge is -2.36. The highest BCUT2D eigenvalue weighted by Crippen LogP contribution is 2.23. The molecule has 1 heterocycles. The third kappa shape index (κ3) is 4.24. The Kier molecular flexibility index (Phi) is 5.97. The van der Waals surface area contributed by atoms with E-state index in [1.54, 1.807) is 0 Å². The fraction of sp³-hybridized carbons (Fsp3) is 1.00. The van der Waals surface area contributed by atoms with E-state index in [0.717, 1.165) is 12.1 Å². The van der Waals surface area contributed by atoms with Crippen LogP contribution in [0.5, 0.6) is 0 Å². The van der Waals surface area contributed by atoms with Crippen LogP contribution in [-0.2, 0) is 0 Å². The van der Waals surface area contributed by atoms with Gasteiger partial charge in [0.1, 0.15) is 0 Å². The summed E-state index contributed by atoms with van der Waals surface area (Å²) in [4.78, 5) is 2.82. The van der Waals surface area contributed by atoms with Gasteiger partial charge in [-0.2, -0.15) is 0 Å². The normalized spacial score (nSPS) is 33.7. The fourth-order valence-electron chi connectivity index (χ4n) is 3.67. The zero-order chi connectivity index (χ0) is 12.8. The Bertz CT molecular complexity index is 221. The maximum Gasteiger partial charge on any atom is 0.00952 e. The van der Waals surface area contributed by atoms with E-state index < -0.39 is 0 Å². The minimum absolute atomic E-state index is 0.698. The van der Waals surface area contributed by atoms with Crippen molar-refractivity contribution in [3.63, 3.8) is 0 Å². The highest BCUT2D eigenvalue weighted by Gasteiger charge is 2.23. The number of hydrogen-bond donors (Lipinski definition) is 1. The van der Waals surface area contributed by atoms with Crippen molar-refractivity contribution in [2.24, 2.45) is 0 Å². The predicted octanol–water partition coefficient (Wildman–Crippen LogP) is 3.56. The van der Waals surface area contributed by atoms with Crippen LogP contribution in [0.25, 0.3) is 0 Å². The Hall–Kier alpha value is -0.0800. The van der Waals surface area contributed by atoms with Crippen molar-refractivity contribution in [1.82, 2.24) is 10.2 Å². The van der Waals surface area contributed by atoms with Crippen LogP contribution in [0.1, 0.15) is 71.6 Å². The summed E-state index contributed by atoms with van der Waals surface area (Å²) in [6, 6.07) is 2.34. The molecule has 2 atom stereocenters. The van der Waals surface area contributed by atoms with E-state index in [2.05, 4.69) is 24.1 Å². The Morgan fingerprint density at radius 1 is 0.944 bits per heavy atom. The zero-order valence-electron chi connectivity index (χ0n) is 12.5. The van der Waals surface area contributed by atoms with Gasteiger partial charge in [-0.05, 0) is 52.1 Å². The smallest absolute Gasteiger partial charge is 0.00952 e. The number of nitrogens with one attached hydrogen (secondary N) is 1. The average molecular weight is 252 g/mol. The summed E-state index contributed by atoms with van der Waals surface area (Å²) >= 11 is 0. The molecule has 0 amide bonds. The molecule has 2 fully saturated rings. The first-order valence-electron chi connectivity index (χ1n) is 8.29. The quantitative estimate of drug-likeness (QED) is 0.756. The Balaban J connectivity index is 1.89. The second-order valence-corrected chi connectivity index (χ2v) is 6.43. The highest BCUT2D eigenvalue weighted by molar-refractivity contribution is 4.81. The van der Waals surface area contributed by atoms with Gasteiger partial charge in [-0.3, -0.25) is 0 Å². The van der Waals surface area contributed by atoms with Gasteiger partial charge < -0.3 is 10.2 Å². The first kappa shape index (κ1) is 14.3. The summed E-state index contributed by atoms with van der Waals surface area (Å²) in [5.41, 5.74) is 0. The first-order chi connectivity index (χ1) is 8.79. The van der Waals surface area contributed by atoms with Crippen molar-refractivity contribution in [3.8, 4) is 0 Å². The summed E-state index contributed by atoms with van der Waals surface area (Å²) in [7, 11) is 0. The average Bonchev–Trinajstić information content (AvgIpc) is 2.63. The van der Waals surface area contributed by atoms with E-state index in [-0.39, 0.29) is 0 Å². The summed E-state index contributed by atoms with van der Waals surface area (Å²) in [6.07, 6.45) is 12.7. The van der Waals surface area contributed by atoms with Crippen LogP contribution in [0.4, 0.5) is 0 Å². The molecule has 0 aromatic rings. The van der Waals surface area contributed by atoms with Gasteiger partial charge in [-0.15, -0.1) is 0 Å². The first-order valence-corrected chi connectivity index (χ1v) is 8.29. The van der Waals surface area contributed by atoms with Gasteiger partial charge in [0.2, 0.25) is 0 Å². The summed E-state index contributed by atoms with van der Waals surface area (Å²) < 4.78 is 0. The highest BCUT2D eigenvalue weighted by atomic mass is 15.2. The zero-order valence-corrected chi connectivity index (χ0v) is 12.5. The Morgan fingerprint density at radius 2 is 1.61 bits per heavy atom. The summed E-state index contributed by atoms with van der Waals surface area (Å²) in [5, 5.41) is 3.78. The van der Waals surface area contributed by atoms with Gasteiger partial charge in [0, 0.05) is 18.1 Å². The van der Waals surface area contributed by atoms with E-state index in [1.165, 1.54) is 70.9 Å². The predicted molar refractivity (Wildman–Crippen MR) is 79.0 cm³/mol. The number of nitrogens with zero attached hydrogens (tertiary/aromatic N) is 1. The van der Waals surface area contributed by atoms with Crippen LogP contribution >= 0.6 is 0 Å². The molecule has 0 aromatic carbocycles. The number of hydrogen-bond acceptors (Lipinski definition) is 2. The molecule has 1 saturated carbocycles. The molecular weight excluding hydrogens is 220 g/mol. The van der Waals surface area contributed by atoms with Crippen molar-refractivity contribution in [2.45, 2.75) is 89.8 Å². The lowest BCUT2D eigenvalue weighted by Crippen LogP contribution is -2.46. The van der Waals surface area contributed by atoms with Crippen molar-refractivity contribution in [1.29, 1.82) is 0 Å². The lowest BCUT2D eigenvalue weighted by molar-refractivity contribution is 0.146. The molecule has 2 heteroatoms. The Morgan fingerprint density at radius 3 is 2.28 bits per heavy atom. The molecule has 2 aliphatic rings. The third-order valence-electron chi connectivity index (χ3n) is 4.97. The van der Waals surface area contributed by atoms with Gasteiger partial charge in [-0.1, -0.05) is 32.6 Å². The van der Waals surface area contributed by atoms with Crippen LogP contribution in [0.15, 0.2) is 0 Å². The molecule has 1 N–H and O–H groups in total. The number of rotatable bonds is 2. The minimum Gasteiger partial charge on any atom is -0.311 e. The van der Waals surface area contributed by atoms with Crippen molar-refractivity contribution in [3.05, 3.63) is 0 Å². The third-order valence-corrected chi connectivity index (χ3v) is 4.97. The van der Waals surface area contributed by atoms with E-state index >= 15 is 0 Å². The minimum atomic E-state index is 0.698. The molecule has 1 saturated heterocycles. The van der Waals surface area contributed by atoms with E-state index in [1.807, 2.05) is 0 Å². The topological polar surface area (TPSA) is 15.3 Å². The van der Waals surface area contributed by atoms with Crippen molar-refractivity contribution >= 4 is 0 Å². The molecule has 2 unspecified atom stereocenters. The van der Waals surface area contributed by atoms with Crippen LogP contribution in [0, 0.1) is 0 Å². The maximum absolute atomic E-state index is 3.78. The molecule has 0 spiro atoms. The SMILES string of the molecule is CCC1CCN(C2CCCCCC2)CCC(C)N1. The van der Waals surface area contributed by atoms with E-state index in [9.17, 15) is 0 Å². The fourth-order valence-corrected chi connectivity index (χ4v) is 3.67. The van der Waals surface area contributed by atoms with Gasteiger partial charge in [0.15, 0.2) is 0 Å². The van der Waals surface area contributed by atoms with E-state index in [4.69, 9.17) is 0 Å². The van der Waals surface area contributed by atoms with Crippen LogP contribution in [0.3, 0.4) is 0 Å². The van der Waals surface area contributed by atoms with Crippen LogP contribution in [0.2, 0.25) is 0 Å². The summed E-state index contributed by atoms with van der Waals surface area (Å²) in [6.45, 7) is 7.32. The summed E-state index contributed by atoms with van der Waals surface area (Å²) in [5.74, 6) is 0. The molecule has 2 nitrogen and oxygen atoms in total. The van der Waals surface area contributed by atoms with Gasteiger partial charge in [-0.25, -0.2) is 0 Å². The second kappa shape index (κ2) is 7.49. The van der Waals surface area contributed by atoms with Crippen molar-refractivity contribution < 1.29 is 0 Å². The van der Waals surface area contributed by atoms with Crippen LogP contribution in [-0.4, -0.2) is 36.1 Å². The van der Waals surface area contributed by atoms with Gasteiger partial charge >= 0.3 is 0 Å². The van der Waals surface area contributed by atoms with Crippen LogP contribution < -0.4 is 5.32 Å². The van der Waals surface area contributed by atoms with E-state index in [0.29, 0.717) is 6.04 Å². The second-order valence-electron chi connectivity index (χ2n) is 6.43. The molecule has 0 bridgehead atoms. The maximum atomic E-state index is 3.78. The standard InChI is InChI=1S/C16H32N2/c1-3-15-11-13-18(12-10-14(2)17-15)16-8-6-4-5-7-9-16/h14-17H,3-13H2,1-2H3. The molecule has 18 heavy (non-hydrogen) atoms.